The summed E-state index contributed by atoms with van der Waals surface area (Å²) in [6.45, 7) is 2.28. The highest BCUT2D eigenvalue weighted by Gasteiger charge is 2.12. The molecule has 0 saturated carbocycles. The van der Waals surface area contributed by atoms with E-state index in [2.05, 4.69) is 15.5 Å². The number of aliphatic hydroxyl groups excluding tert-OH is 1. The van der Waals surface area contributed by atoms with E-state index in [1.165, 1.54) is 0 Å². The molecule has 2 N–H and O–H groups in total. The number of nitrogens with zero attached hydrogens (tertiary/aromatic N) is 2. The average Bonchev–Trinajstić information content (AvgIpc) is 3.01. The summed E-state index contributed by atoms with van der Waals surface area (Å²) in [6.07, 6.45) is 0.0611. The van der Waals surface area contributed by atoms with Crippen molar-refractivity contribution in [2.24, 2.45) is 0 Å². The van der Waals surface area contributed by atoms with Crippen LogP contribution in [0.3, 0.4) is 0 Å². The molecule has 7 heteroatoms. The van der Waals surface area contributed by atoms with E-state index in [1.54, 1.807) is 13.2 Å². The first-order valence-corrected chi connectivity index (χ1v) is 7.20. The standard InChI is InChI=1S/C14H18ClN3O3/c1-3-13-17-18-14(21-13)9-4-5-12(20-2)11(6-9)16-8-10(19)7-15/h4-6,10,16,19H,3,7-8H2,1-2H3. The molecule has 0 saturated heterocycles. The van der Waals surface area contributed by atoms with Crippen molar-refractivity contribution < 1.29 is 14.3 Å². The minimum atomic E-state index is -0.630. The molecule has 0 radical (unpaired) electrons. The average molecular weight is 312 g/mol. The third kappa shape index (κ3) is 3.86. The second kappa shape index (κ2) is 7.28. The number of alkyl halides is 1. The molecule has 1 unspecified atom stereocenters. The molecule has 0 aliphatic heterocycles. The van der Waals surface area contributed by atoms with Gasteiger partial charge < -0.3 is 19.6 Å². The molecule has 114 valence electrons. The Hall–Kier alpha value is -1.79. The van der Waals surface area contributed by atoms with Crippen molar-refractivity contribution in [2.45, 2.75) is 19.4 Å². The topological polar surface area (TPSA) is 80.4 Å². The fraction of sp³-hybridized carbons (Fsp3) is 0.429. The molecule has 0 fully saturated rings. The molecule has 1 heterocycles. The summed E-state index contributed by atoms with van der Waals surface area (Å²) >= 11 is 5.58. The smallest absolute Gasteiger partial charge is 0.247 e. The highest BCUT2D eigenvalue weighted by molar-refractivity contribution is 6.18. The van der Waals surface area contributed by atoms with Gasteiger partial charge in [0.1, 0.15) is 5.75 Å². The van der Waals surface area contributed by atoms with Gasteiger partial charge in [0, 0.05) is 18.5 Å². The van der Waals surface area contributed by atoms with Crippen LogP contribution in [0.15, 0.2) is 22.6 Å². The number of anilines is 1. The Morgan fingerprint density at radius 1 is 1.43 bits per heavy atom. The number of rotatable bonds is 7. The van der Waals surface area contributed by atoms with E-state index in [-0.39, 0.29) is 5.88 Å². The van der Waals surface area contributed by atoms with Gasteiger partial charge >= 0.3 is 0 Å². The van der Waals surface area contributed by atoms with Crippen molar-refractivity contribution in [1.82, 2.24) is 10.2 Å². The van der Waals surface area contributed by atoms with Crippen LogP contribution in [0.5, 0.6) is 5.75 Å². The maximum absolute atomic E-state index is 9.53. The van der Waals surface area contributed by atoms with E-state index in [0.717, 1.165) is 11.3 Å². The first-order valence-electron chi connectivity index (χ1n) is 6.66. The minimum Gasteiger partial charge on any atom is -0.495 e. The highest BCUT2D eigenvalue weighted by Crippen LogP contribution is 2.30. The van der Waals surface area contributed by atoms with E-state index in [9.17, 15) is 5.11 Å². The summed E-state index contributed by atoms with van der Waals surface area (Å²) in [5.74, 6) is 1.87. The van der Waals surface area contributed by atoms with Crippen LogP contribution < -0.4 is 10.1 Å². The number of hydrogen-bond donors (Lipinski definition) is 2. The molecule has 1 aromatic heterocycles. The molecule has 0 spiro atoms. The second-order valence-corrected chi connectivity index (χ2v) is 4.77. The molecular weight excluding hydrogens is 294 g/mol. The van der Waals surface area contributed by atoms with Gasteiger partial charge in [-0.05, 0) is 18.2 Å². The lowest BCUT2D eigenvalue weighted by atomic mass is 10.2. The van der Waals surface area contributed by atoms with Crippen molar-refractivity contribution in [1.29, 1.82) is 0 Å². The number of aromatic nitrogens is 2. The predicted molar refractivity (Wildman–Crippen MR) is 80.9 cm³/mol. The summed E-state index contributed by atoms with van der Waals surface area (Å²) in [5.41, 5.74) is 1.52. The summed E-state index contributed by atoms with van der Waals surface area (Å²) in [4.78, 5) is 0. The Morgan fingerprint density at radius 2 is 2.24 bits per heavy atom. The lowest BCUT2D eigenvalue weighted by Gasteiger charge is -2.14. The lowest BCUT2D eigenvalue weighted by molar-refractivity contribution is 0.211. The van der Waals surface area contributed by atoms with Gasteiger partial charge in [-0.25, -0.2) is 0 Å². The SMILES string of the molecule is CCc1nnc(-c2ccc(OC)c(NCC(O)CCl)c2)o1. The molecule has 6 nitrogen and oxygen atoms in total. The zero-order chi connectivity index (χ0) is 15.2. The Labute approximate surface area is 128 Å². The molecule has 1 atom stereocenters. The Morgan fingerprint density at radius 3 is 2.86 bits per heavy atom. The Balaban J connectivity index is 2.23. The van der Waals surface area contributed by atoms with Crippen LogP contribution in [0.1, 0.15) is 12.8 Å². The first-order chi connectivity index (χ1) is 10.2. The number of nitrogens with one attached hydrogen (secondary N) is 1. The number of benzene rings is 1. The molecule has 0 bridgehead atoms. The van der Waals surface area contributed by atoms with Crippen LogP contribution >= 0.6 is 11.6 Å². The normalized spacial score (nSPS) is 12.2. The summed E-state index contributed by atoms with van der Waals surface area (Å²) in [7, 11) is 1.58. The monoisotopic (exact) mass is 311 g/mol. The molecule has 21 heavy (non-hydrogen) atoms. The van der Waals surface area contributed by atoms with Gasteiger partial charge in [-0.15, -0.1) is 21.8 Å². The number of ether oxygens (including phenoxy) is 1. The number of aliphatic hydroxyl groups is 1. The minimum absolute atomic E-state index is 0.165. The van der Waals surface area contributed by atoms with E-state index in [4.69, 9.17) is 20.8 Å². The van der Waals surface area contributed by atoms with Gasteiger partial charge in [-0.2, -0.15) is 0 Å². The molecule has 0 amide bonds. The van der Waals surface area contributed by atoms with E-state index < -0.39 is 6.10 Å². The van der Waals surface area contributed by atoms with Crippen LogP contribution in [0.2, 0.25) is 0 Å². The van der Waals surface area contributed by atoms with Crippen molar-refractivity contribution in [3.8, 4) is 17.2 Å². The first kappa shape index (κ1) is 15.6. The highest BCUT2D eigenvalue weighted by atomic mass is 35.5. The number of aryl methyl sites for hydroxylation is 1. The molecule has 2 aromatic rings. The van der Waals surface area contributed by atoms with E-state index >= 15 is 0 Å². The maximum Gasteiger partial charge on any atom is 0.247 e. The lowest BCUT2D eigenvalue weighted by Crippen LogP contribution is -2.21. The summed E-state index contributed by atoms with van der Waals surface area (Å²) < 4.78 is 10.8. The molecule has 0 aliphatic rings. The van der Waals surface area contributed by atoms with Crippen LogP contribution in [-0.4, -0.2) is 40.9 Å². The van der Waals surface area contributed by atoms with Crippen LogP contribution in [-0.2, 0) is 6.42 Å². The van der Waals surface area contributed by atoms with Crippen LogP contribution in [0, 0.1) is 0 Å². The van der Waals surface area contributed by atoms with Crippen molar-refractivity contribution >= 4 is 17.3 Å². The zero-order valence-corrected chi connectivity index (χ0v) is 12.7. The van der Waals surface area contributed by atoms with Crippen molar-refractivity contribution in [3.63, 3.8) is 0 Å². The number of hydrogen-bond acceptors (Lipinski definition) is 6. The maximum atomic E-state index is 9.53. The Bertz CT molecular complexity index is 589. The van der Waals surface area contributed by atoms with Gasteiger partial charge in [0.2, 0.25) is 11.8 Å². The molecular formula is C14H18ClN3O3. The van der Waals surface area contributed by atoms with Crippen molar-refractivity contribution in [2.75, 3.05) is 24.9 Å². The van der Waals surface area contributed by atoms with E-state index in [1.807, 2.05) is 19.1 Å². The predicted octanol–water partition coefficient (Wildman–Crippen LogP) is 2.32. The summed E-state index contributed by atoms with van der Waals surface area (Å²) in [6, 6.07) is 5.49. The molecule has 2 rings (SSSR count). The quantitative estimate of drug-likeness (QED) is 0.764. The third-order valence-corrected chi connectivity index (χ3v) is 3.28. The van der Waals surface area contributed by atoms with E-state index in [0.29, 0.717) is 30.5 Å². The zero-order valence-electron chi connectivity index (χ0n) is 12.0. The third-order valence-electron chi connectivity index (χ3n) is 2.92. The Kier molecular flexibility index (Phi) is 5.41. The largest absolute Gasteiger partial charge is 0.495 e. The fourth-order valence-electron chi connectivity index (χ4n) is 1.77. The van der Waals surface area contributed by atoms with Gasteiger partial charge in [0.25, 0.3) is 0 Å². The number of halogens is 1. The number of methoxy groups -OCH3 is 1. The molecule has 1 aromatic carbocycles. The van der Waals surface area contributed by atoms with Crippen LogP contribution in [0.25, 0.3) is 11.5 Å². The van der Waals surface area contributed by atoms with Crippen molar-refractivity contribution in [3.05, 3.63) is 24.1 Å². The van der Waals surface area contributed by atoms with Gasteiger partial charge in [-0.1, -0.05) is 6.92 Å². The molecule has 0 aliphatic carbocycles. The fourth-order valence-corrected chi connectivity index (χ4v) is 1.88. The van der Waals surface area contributed by atoms with Crippen LogP contribution in [0.4, 0.5) is 5.69 Å². The van der Waals surface area contributed by atoms with Gasteiger partial charge in [-0.3, -0.25) is 0 Å². The van der Waals surface area contributed by atoms with Gasteiger partial charge in [0.15, 0.2) is 0 Å². The van der Waals surface area contributed by atoms with Gasteiger partial charge in [0.05, 0.1) is 24.8 Å². The second-order valence-electron chi connectivity index (χ2n) is 4.46. The summed E-state index contributed by atoms with van der Waals surface area (Å²) in [5, 5.41) is 20.6.